The lowest BCUT2D eigenvalue weighted by atomic mass is 10.1. The molecule has 0 spiro atoms. The summed E-state index contributed by atoms with van der Waals surface area (Å²) in [6, 6.07) is 3.46. The summed E-state index contributed by atoms with van der Waals surface area (Å²) in [6.45, 7) is 3.38. The van der Waals surface area contributed by atoms with Crippen molar-refractivity contribution in [2.45, 2.75) is 38.8 Å². The number of fused-ring (bicyclic) bond motifs is 1. The first kappa shape index (κ1) is 15.9. The number of aliphatic hydroxyl groups excluding tert-OH is 1. The summed E-state index contributed by atoms with van der Waals surface area (Å²) in [5.74, 6) is 0.834. The number of aliphatic hydroxyl groups is 1. The number of carbonyl (C=O) groups excluding carboxylic acids is 1. The fourth-order valence-electron chi connectivity index (χ4n) is 2.27. The second-order valence-corrected chi connectivity index (χ2v) is 5.55. The molecule has 1 aliphatic heterocycles. The molecule has 0 saturated heterocycles. The van der Waals surface area contributed by atoms with Gasteiger partial charge < -0.3 is 20.5 Å². The van der Waals surface area contributed by atoms with Crippen LogP contribution >= 0.6 is 11.6 Å². The van der Waals surface area contributed by atoms with E-state index in [1.54, 1.807) is 0 Å². The average Bonchev–Trinajstić information content (AvgIpc) is 2.92. The van der Waals surface area contributed by atoms with Crippen LogP contribution in [-0.2, 0) is 13.0 Å². The Balaban J connectivity index is 1.82. The number of carbonyl (C=O) groups is 1. The number of hydrogen-bond acceptors (Lipinski definition) is 3. The highest BCUT2D eigenvalue weighted by atomic mass is 35.5. The predicted octanol–water partition coefficient (Wildman–Crippen LogP) is 2.24. The van der Waals surface area contributed by atoms with Gasteiger partial charge in [-0.15, -0.1) is 0 Å². The summed E-state index contributed by atoms with van der Waals surface area (Å²) in [5.41, 5.74) is 1.98. The number of urea groups is 1. The third kappa shape index (κ3) is 4.51. The van der Waals surface area contributed by atoms with Gasteiger partial charge in [-0.1, -0.05) is 18.5 Å². The van der Waals surface area contributed by atoms with Crippen molar-refractivity contribution < 1.29 is 14.6 Å². The van der Waals surface area contributed by atoms with E-state index in [0.717, 1.165) is 23.3 Å². The molecule has 0 aliphatic carbocycles. The van der Waals surface area contributed by atoms with E-state index >= 15 is 0 Å². The Kier molecular flexibility index (Phi) is 5.70. The van der Waals surface area contributed by atoms with Crippen LogP contribution in [0.15, 0.2) is 12.1 Å². The molecule has 0 bridgehead atoms. The Hall–Kier alpha value is -1.46. The monoisotopic (exact) mass is 312 g/mol. The Labute approximate surface area is 129 Å². The molecule has 0 fully saturated rings. The van der Waals surface area contributed by atoms with E-state index in [9.17, 15) is 9.90 Å². The van der Waals surface area contributed by atoms with Crippen LogP contribution in [0.5, 0.6) is 5.75 Å². The highest BCUT2D eigenvalue weighted by molar-refractivity contribution is 6.30. The minimum atomic E-state index is -0.366. The number of hydrogen-bond donors (Lipinski definition) is 3. The molecule has 116 valence electrons. The van der Waals surface area contributed by atoms with Gasteiger partial charge in [0.1, 0.15) is 5.75 Å². The van der Waals surface area contributed by atoms with Gasteiger partial charge in [-0.05, 0) is 30.5 Å². The average molecular weight is 313 g/mol. The molecule has 1 atom stereocenters. The highest BCUT2D eigenvalue weighted by Gasteiger charge is 2.17. The number of rotatable bonds is 6. The molecule has 1 heterocycles. The molecule has 5 nitrogen and oxygen atoms in total. The molecule has 1 unspecified atom stereocenters. The number of benzene rings is 1. The van der Waals surface area contributed by atoms with E-state index < -0.39 is 0 Å². The maximum atomic E-state index is 11.7. The minimum Gasteiger partial charge on any atom is -0.493 e. The van der Waals surface area contributed by atoms with Crippen molar-refractivity contribution in [1.82, 2.24) is 10.6 Å². The first-order chi connectivity index (χ1) is 10.1. The minimum absolute atomic E-state index is 0.259. The summed E-state index contributed by atoms with van der Waals surface area (Å²) in [7, 11) is 0. The molecule has 0 radical (unpaired) electrons. The van der Waals surface area contributed by atoms with Crippen molar-refractivity contribution >= 4 is 17.6 Å². The van der Waals surface area contributed by atoms with Gasteiger partial charge >= 0.3 is 6.03 Å². The Morgan fingerprint density at radius 2 is 2.29 bits per heavy atom. The van der Waals surface area contributed by atoms with Crippen LogP contribution in [0.2, 0.25) is 5.02 Å². The first-order valence-electron chi connectivity index (χ1n) is 7.24. The van der Waals surface area contributed by atoms with E-state index in [2.05, 4.69) is 10.6 Å². The molecular formula is C15H21ClN2O3. The largest absolute Gasteiger partial charge is 0.493 e. The fourth-order valence-corrected chi connectivity index (χ4v) is 2.54. The number of halogens is 1. The molecule has 2 rings (SSSR count). The van der Waals surface area contributed by atoms with Crippen molar-refractivity contribution in [2.24, 2.45) is 0 Å². The standard InChI is InChI=1S/C15H21ClN2O3/c1-2-13(19)3-5-17-15(20)18-9-11-8-12(16)7-10-4-6-21-14(10)11/h7-8,13,19H,2-6,9H2,1H3,(H2,17,18,20). The summed E-state index contributed by atoms with van der Waals surface area (Å²) in [4.78, 5) is 11.7. The molecule has 1 aliphatic rings. The predicted molar refractivity (Wildman–Crippen MR) is 81.8 cm³/mol. The molecule has 6 heteroatoms. The van der Waals surface area contributed by atoms with E-state index in [0.29, 0.717) is 37.6 Å². The van der Waals surface area contributed by atoms with Crippen LogP contribution in [0.3, 0.4) is 0 Å². The van der Waals surface area contributed by atoms with Crippen molar-refractivity contribution in [1.29, 1.82) is 0 Å². The maximum Gasteiger partial charge on any atom is 0.315 e. The van der Waals surface area contributed by atoms with Crippen molar-refractivity contribution in [3.63, 3.8) is 0 Å². The van der Waals surface area contributed by atoms with Gasteiger partial charge in [-0.25, -0.2) is 4.79 Å². The van der Waals surface area contributed by atoms with Gasteiger partial charge in [-0.2, -0.15) is 0 Å². The zero-order chi connectivity index (χ0) is 15.2. The van der Waals surface area contributed by atoms with Crippen LogP contribution in [0.25, 0.3) is 0 Å². The smallest absolute Gasteiger partial charge is 0.315 e. The van der Waals surface area contributed by atoms with Crippen molar-refractivity contribution in [3.8, 4) is 5.75 Å². The molecule has 21 heavy (non-hydrogen) atoms. The Morgan fingerprint density at radius 3 is 3.05 bits per heavy atom. The summed E-state index contributed by atoms with van der Waals surface area (Å²) >= 11 is 6.07. The quantitative estimate of drug-likeness (QED) is 0.754. The lowest BCUT2D eigenvalue weighted by Gasteiger charge is -2.12. The second kappa shape index (κ2) is 7.52. The van der Waals surface area contributed by atoms with E-state index in [-0.39, 0.29) is 12.1 Å². The molecule has 0 saturated carbocycles. The maximum absolute atomic E-state index is 11.7. The summed E-state index contributed by atoms with van der Waals surface area (Å²) in [5, 5.41) is 15.6. The second-order valence-electron chi connectivity index (χ2n) is 5.11. The number of nitrogens with one attached hydrogen (secondary N) is 2. The fraction of sp³-hybridized carbons (Fsp3) is 0.533. The Morgan fingerprint density at radius 1 is 1.48 bits per heavy atom. The third-order valence-corrected chi connectivity index (χ3v) is 3.72. The summed E-state index contributed by atoms with van der Waals surface area (Å²) < 4.78 is 5.58. The molecule has 0 aromatic heterocycles. The van der Waals surface area contributed by atoms with Crippen LogP contribution in [0, 0.1) is 0 Å². The number of amides is 2. The number of ether oxygens (including phenoxy) is 1. The van der Waals surface area contributed by atoms with Crippen LogP contribution in [0.1, 0.15) is 30.9 Å². The van der Waals surface area contributed by atoms with E-state index in [1.165, 1.54) is 0 Å². The molecule has 2 amide bonds. The van der Waals surface area contributed by atoms with Crippen molar-refractivity contribution in [3.05, 3.63) is 28.3 Å². The molecular weight excluding hydrogens is 292 g/mol. The normalized spacial score (nSPS) is 14.2. The van der Waals surface area contributed by atoms with Gasteiger partial charge in [0, 0.05) is 30.1 Å². The lowest BCUT2D eigenvalue weighted by molar-refractivity contribution is 0.160. The van der Waals surface area contributed by atoms with Gasteiger partial charge in [0.2, 0.25) is 0 Å². The molecule has 3 N–H and O–H groups in total. The SMILES string of the molecule is CCC(O)CCNC(=O)NCc1cc(Cl)cc2c1OCC2. The third-order valence-electron chi connectivity index (χ3n) is 3.50. The Bertz CT molecular complexity index is 508. The van der Waals surface area contributed by atoms with Crippen molar-refractivity contribution in [2.75, 3.05) is 13.2 Å². The zero-order valence-corrected chi connectivity index (χ0v) is 12.9. The van der Waals surface area contributed by atoms with Crippen LogP contribution in [0.4, 0.5) is 4.79 Å². The van der Waals surface area contributed by atoms with Crippen LogP contribution < -0.4 is 15.4 Å². The zero-order valence-electron chi connectivity index (χ0n) is 12.1. The molecule has 1 aromatic rings. The highest BCUT2D eigenvalue weighted by Crippen LogP contribution is 2.32. The topological polar surface area (TPSA) is 70.6 Å². The van der Waals surface area contributed by atoms with Crippen LogP contribution in [-0.4, -0.2) is 30.4 Å². The first-order valence-corrected chi connectivity index (χ1v) is 7.61. The lowest BCUT2D eigenvalue weighted by Crippen LogP contribution is -2.36. The summed E-state index contributed by atoms with van der Waals surface area (Å²) in [6.07, 6.45) is 1.73. The van der Waals surface area contributed by atoms with Gasteiger partial charge in [0.15, 0.2) is 0 Å². The van der Waals surface area contributed by atoms with Gasteiger partial charge in [0.05, 0.1) is 12.7 Å². The van der Waals surface area contributed by atoms with Gasteiger partial charge in [0.25, 0.3) is 0 Å². The van der Waals surface area contributed by atoms with E-state index in [1.807, 2.05) is 19.1 Å². The van der Waals surface area contributed by atoms with Gasteiger partial charge in [-0.3, -0.25) is 0 Å². The van der Waals surface area contributed by atoms with E-state index in [4.69, 9.17) is 16.3 Å². The molecule has 1 aromatic carbocycles.